The highest BCUT2D eigenvalue weighted by molar-refractivity contribution is 6.22. The topological polar surface area (TPSA) is 136 Å². The second-order valence-electron chi connectivity index (χ2n) is 6.75. The van der Waals surface area contributed by atoms with Crippen LogP contribution in [0.15, 0.2) is 55.1 Å². The first-order valence-electron chi connectivity index (χ1n) is 9.25. The number of carbonyl (C=O) groups excluding carboxylic acids is 5. The van der Waals surface area contributed by atoms with Gasteiger partial charge >= 0.3 is 5.97 Å². The van der Waals surface area contributed by atoms with Crippen molar-refractivity contribution in [3.8, 4) is 0 Å². The fourth-order valence-electron chi connectivity index (χ4n) is 2.96. The highest BCUT2D eigenvalue weighted by Crippen LogP contribution is 2.24. The van der Waals surface area contributed by atoms with E-state index in [1.165, 1.54) is 55.5 Å². The molecule has 0 saturated carbocycles. The fourth-order valence-corrected chi connectivity index (χ4v) is 2.96. The van der Waals surface area contributed by atoms with Crippen molar-refractivity contribution in [3.05, 3.63) is 77.4 Å². The fraction of sp³-hybridized carbons (Fsp3) is 0.136. The van der Waals surface area contributed by atoms with Crippen molar-refractivity contribution in [2.75, 3.05) is 11.9 Å². The number of primary amides is 1. The average molecular weight is 421 g/mol. The molecule has 1 unspecified atom stereocenters. The number of esters is 1. The van der Waals surface area contributed by atoms with Gasteiger partial charge in [0, 0.05) is 17.8 Å². The van der Waals surface area contributed by atoms with Crippen LogP contribution in [0.5, 0.6) is 0 Å². The smallest absolute Gasteiger partial charge is 0.338 e. The second-order valence-corrected chi connectivity index (χ2v) is 6.75. The Hall–Kier alpha value is -4.27. The van der Waals surface area contributed by atoms with Gasteiger partial charge in [-0.15, -0.1) is 6.58 Å². The number of anilines is 1. The molecule has 4 amide bonds. The predicted octanol–water partition coefficient (Wildman–Crippen LogP) is 1.75. The van der Waals surface area contributed by atoms with Gasteiger partial charge in [0.2, 0.25) is 5.91 Å². The van der Waals surface area contributed by atoms with Crippen molar-refractivity contribution in [1.29, 1.82) is 0 Å². The number of imide groups is 1. The van der Waals surface area contributed by atoms with Gasteiger partial charge < -0.3 is 15.8 Å². The second kappa shape index (κ2) is 8.62. The lowest BCUT2D eigenvalue weighted by atomic mass is 10.1. The lowest BCUT2D eigenvalue weighted by Crippen LogP contribution is -2.30. The standard InChI is InChI=1S/C22H19N3O6/c1-3-10-25-20(28)16-9-6-14(11-17(16)21(25)29)22(30)31-12(2)19(27)24-15-7-4-13(5-8-15)18(23)26/h3-9,11-12H,1,10H2,2H3,(H2,23,26)(H,24,27). The van der Waals surface area contributed by atoms with Crippen LogP contribution in [0.25, 0.3) is 0 Å². The highest BCUT2D eigenvalue weighted by atomic mass is 16.5. The molecule has 9 nitrogen and oxygen atoms in total. The maximum atomic E-state index is 12.4. The molecule has 1 aliphatic rings. The number of hydrogen-bond acceptors (Lipinski definition) is 6. The Labute approximate surface area is 177 Å². The predicted molar refractivity (Wildman–Crippen MR) is 110 cm³/mol. The summed E-state index contributed by atoms with van der Waals surface area (Å²) < 4.78 is 5.18. The Morgan fingerprint density at radius 3 is 2.29 bits per heavy atom. The summed E-state index contributed by atoms with van der Waals surface area (Å²) in [7, 11) is 0. The van der Waals surface area contributed by atoms with Gasteiger partial charge in [-0.1, -0.05) is 6.08 Å². The number of rotatable bonds is 7. The Morgan fingerprint density at radius 2 is 1.68 bits per heavy atom. The minimum atomic E-state index is -1.15. The van der Waals surface area contributed by atoms with Crippen LogP contribution in [0.2, 0.25) is 0 Å². The Balaban J connectivity index is 1.67. The van der Waals surface area contributed by atoms with Crippen molar-refractivity contribution in [1.82, 2.24) is 4.90 Å². The van der Waals surface area contributed by atoms with E-state index in [0.29, 0.717) is 5.69 Å². The van der Waals surface area contributed by atoms with E-state index in [4.69, 9.17) is 10.5 Å². The lowest BCUT2D eigenvalue weighted by molar-refractivity contribution is -0.123. The van der Waals surface area contributed by atoms with Gasteiger partial charge in [0.25, 0.3) is 17.7 Å². The van der Waals surface area contributed by atoms with Gasteiger partial charge in [0.05, 0.1) is 16.7 Å². The summed E-state index contributed by atoms with van der Waals surface area (Å²) >= 11 is 0. The number of ether oxygens (including phenoxy) is 1. The molecule has 2 aromatic carbocycles. The van der Waals surface area contributed by atoms with E-state index < -0.39 is 35.7 Å². The molecule has 31 heavy (non-hydrogen) atoms. The minimum absolute atomic E-state index is 0.0332. The molecule has 1 atom stereocenters. The number of nitrogens with zero attached hydrogens (tertiary/aromatic N) is 1. The summed E-state index contributed by atoms with van der Waals surface area (Å²) in [5.74, 6) is -3.00. The summed E-state index contributed by atoms with van der Waals surface area (Å²) in [5.41, 5.74) is 6.15. The molecule has 3 N–H and O–H groups in total. The van der Waals surface area contributed by atoms with Crippen molar-refractivity contribution in [2.45, 2.75) is 13.0 Å². The molecule has 0 aromatic heterocycles. The number of nitrogens with two attached hydrogens (primary N) is 1. The maximum absolute atomic E-state index is 12.4. The van der Waals surface area contributed by atoms with Gasteiger partial charge in [0.1, 0.15) is 0 Å². The third-order valence-corrected chi connectivity index (χ3v) is 4.61. The molecule has 1 aliphatic heterocycles. The normalized spacial score (nSPS) is 13.4. The van der Waals surface area contributed by atoms with Crippen LogP contribution < -0.4 is 11.1 Å². The molecule has 9 heteroatoms. The van der Waals surface area contributed by atoms with Crippen LogP contribution in [0.3, 0.4) is 0 Å². The van der Waals surface area contributed by atoms with Crippen molar-refractivity contribution < 1.29 is 28.7 Å². The molecule has 1 heterocycles. The third-order valence-electron chi connectivity index (χ3n) is 4.61. The zero-order valence-electron chi connectivity index (χ0n) is 16.6. The monoisotopic (exact) mass is 421 g/mol. The Bertz CT molecular complexity index is 1110. The van der Waals surface area contributed by atoms with Crippen LogP contribution >= 0.6 is 0 Å². The van der Waals surface area contributed by atoms with E-state index in [1.54, 1.807) is 0 Å². The maximum Gasteiger partial charge on any atom is 0.338 e. The van der Waals surface area contributed by atoms with Gasteiger partial charge in [0.15, 0.2) is 6.10 Å². The molecule has 158 valence electrons. The van der Waals surface area contributed by atoms with Crippen LogP contribution in [0.4, 0.5) is 5.69 Å². The molecule has 0 fully saturated rings. The molecule has 2 aromatic rings. The first-order chi connectivity index (χ1) is 14.7. The van der Waals surface area contributed by atoms with Crippen LogP contribution in [0.1, 0.15) is 48.4 Å². The molecule has 0 bridgehead atoms. The number of hydrogen-bond donors (Lipinski definition) is 2. The quantitative estimate of drug-likeness (QED) is 0.397. The largest absolute Gasteiger partial charge is 0.449 e. The first kappa shape index (κ1) is 21.4. The molecular formula is C22H19N3O6. The first-order valence-corrected chi connectivity index (χ1v) is 9.25. The SMILES string of the molecule is C=CCN1C(=O)c2ccc(C(=O)OC(C)C(=O)Nc3ccc(C(N)=O)cc3)cc2C1=O. The van der Waals surface area contributed by atoms with Gasteiger partial charge in [-0.2, -0.15) is 0 Å². The zero-order chi connectivity index (χ0) is 22.7. The van der Waals surface area contributed by atoms with Crippen molar-refractivity contribution >= 4 is 35.3 Å². The summed E-state index contributed by atoms with van der Waals surface area (Å²) in [4.78, 5) is 61.5. The van der Waals surface area contributed by atoms with E-state index in [1.807, 2.05) is 0 Å². The van der Waals surface area contributed by atoms with Crippen LogP contribution in [0, 0.1) is 0 Å². The third kappa shape index (κ3) is 4.35. The number of nitrogens with one attached hydrogen (secondary N) is 1. The van der Waals surface area contributed by atoms with Crippen molar-refractivity contribution in [2.24, 2.45) is 5.73 Å². The summed E-state index contributed by atoms with van der Waals surface area (Å²) in [6, 6.07) is 9.89. The number of fused-ring (bicyclic) bond motifs is 1. The highest BCUT2D eigenvalue weighted by Gasteiger charge is 2.35. The van der Waals surface area contributed by atoms with Gasteiger partial charge in [-0.25, -0.2) is 4.79 Å². The van der Waals surface area contributed by atoms with Gasteiger partial charge in [-0.05, 0) is 49.4 Å². The van der Waals surface area contributed by atoms with E-state index >= 15 is 0 Å². The molecule has 0 spiro atoms. The zero-order valence-corrected chi connectivity index (χ0v) is 16.6. The molecule has 3 rings (SSSR count). The summed E-state index contributed by atoms with van der Waals surface area (Å²) in [5, 5.41) is 2.56. The number of carbonyl (C=O) groups is 5. The molecular weight excluding hydrogens is 402 g/mol. The van der Waals surface area contributed by atoms with E-state index in [-0.39, 0.29) is 28.8 Å². The van der Waals surface area contributed by atoms with E-state index in [2.05, 4.69) is 11.9 Å². The van der Waals surface area contributed by atoms with Gasteiger partial charge in [-0.3, -0.25) is 24.1 Å². The lowest BCUT2D eigenvalue weighted by Gasteiger charge is -2.14. The Morgan fingerprint density at radius 1 is 1.06 bits per heavy atom. The summed E-state index contributed by atoms with van der Waals surface area (Å²) in [6.07, 6.45) is 0.282. The van der Waals surface area contributed by atoms with E-state index in [0.717, 1.165) is 4.90 Å². The number of benzene rings is 2. The average Bonchev–Trinajstić information content (AvgIpc) is 2.98. The summed E-state index contributed by atoms with van der Waals surface area (Å²) in [6.45, 7) is 4.96. The molecule has 0 saturated heterocycles. The Kier molecular flexibility index (Phi) is 5.96. The van der Waals surface area contributed by atoms with Crippen LogP contribution in [-0.4, -0.2) is 47.1 Å². The minimum Gasteiger partial charge on any atom is -0.449 e. The molecule has 0 radical (unpaired) electrons. The number of amides is 4. The van der Waals surface area contributed by atoms with Crippen molar-refractivity contribution in [3.63, 3.8) is 0 Å². The van der Waals surface area contributed by atoms with E-state index in [9.17, 15) is 24.0 Å². The van der Waals surface area contributed by atoms with Crippen LogP contribution in [-0.2, 0) is 9.53 Å². The molecule has 0 aliphatic carbocycles.